The molecule has 0 rings (SSSR count). The average molecular weight is 174 g/mol. The zero-order chi connectivity index (χ0) is 9.56. The summed E-state index contributed by atoms with van der Waals surface area (Å²) in [7, 11) is 1.51. The molecule has 0 radical (unpaired) electrons. The van der Waals surface area contributed by atoms with Gasteiger partial charge in [-0.2, -0.15) is 0 Å². The van der Waals surface area contributed by atoms with E-state index in [1.54, 1.807) is 0 Å². The van der Waals surface area contributed by atoms with Gasteiger partial charge in [-0.15, -0.1) is 0 Å². The fourth-order valence-electron chi connectivity index (χ4n) is 0.772. The summed E-state index contributed by atoms with van der Waals surface area (Å²) >= 11 is 0. The molecule has 0 aliphatic heterocycles. The maximum Gasteiger partial charge on any atom is 0.307 e. The van der Waals surface area contributed by atoms with Gasteiger partial charge in [0.15, 0.2) is 0 Å². The fourth-order valence-corrected chi connectivity index (χ4v) is 0.772. The van der Waals surface area contributed by atoms with Crippen LogP contribution in [0.3, 0.4) is 0 Å². The Morgan fingerprint density at radius 2 is 2.17 bits per heavy atom. The third-order valence-electron chi connectivity index (χ3n) is 1.63. The molecule has 0 bridgehead atoms. The predicted octanol–water partition coefficient (Wildman–Crippen LogP) is -0.828. The Balaban J connectivity index is 3.73. The second-order valence-corrected chi connectivity index (χ2v) is 2.48. The van der Waals surface area contributed by atoms with Crippen molar-refractivity contribution in [1.82, 2.24) is 5.32 Å². The number of amides is 1. The summed E-state index contributed by atoms with van der Waals surface area (Å²) in [6, 6.07) is 0. The third-order valence-corrected chi connectivity index (χ3v) is 1.63. The second-order valence-electron chi connectivity index (χ2n) is 2.48. The molecule has 5 nitrogen and oxygen atoms in total. The molecule has 0 saturated carbocycles. The number of nitrogens with two attached hydrogens (primary N) is 1. The topological polar surface area (TPSA) is 92.4 Å². The number of hydrogen-bond donors (Lipinski definition) is 3. The molecule has 1 amide bonds. The third kappa shape index (κ3) is 3.92. The zero-order valence-corrected chi connectivity index (χ0v) is 7.04. The molecule has 0 fully saturated rings. The van der Waals surface area contributed by atoms with Crippen LogP contribution in [0.2, 0.25) is 0 Å². The monoisotopic (exact) mass is 174 g/mol. The Morgan fingerprint density at radius 3 is 2.50 bits per heavy atom. The molecule has 0 heterocycles. The Kier molecular flexibility index (Phi) is 5.03. The Hall–Kier alpha value is -1.10. The maximum absolute atomic E-state index is 10.7. The average Bonchev–Trinajstić information content (AvgIpc) is 2.04. The van der Waals surface area contributed by atoms with E-state index in [1.165, 1.54) is 7.05 Å². The molecule has 0 aromatic rings. The highest BCUT2D eigenvalue weighted by atomic mass is 16.4. The smallest absolute Gasteiger partial charge is 0.307 e. The van der Waals surface area contributed by atoms with Gasteiger partial charge in [0.05, 0.1) is 5.92 Å². The van der Waals surface area contributed by atoms with Crippen LogP contribution in [0, 0.1) is 5.92 Å². The summed E-state index contributed by atoms with van der Waals surface area (Å²) in [6.07, 6.45) is 0.510. The molecule has 4 N–H and O–H groups in total. The maximum atomic E-state index is 10.7. The van der Waals surface area contributed by atoms with Crippen molar-refractivity contribution in [1.29, 1.82) is 0 Å². The van der Waals surface area contributed by atoms with E-state index in [4.69, 9.17) is 10.8 Å². The predicted molar refractivity (Wildman–Crippen MR) is 43.5 cm³/mol. The van der Waals surface area contributed by atoms with Gasteiger partial charge in [-0.1, -0.05) is 0 Å². The van der Waals surface area contributed by atoms with Crippen molar-refractivity contribution in [3.63, 3.8) is 0 Å². The van der Waals surface area contributed by atoms with Crippen LogP contribution in [-0.4, -0.2) is 30.6 Å². The first-order valence-electron chi connectivity index (χ1n) is 3.75. The fraction of sp³-hybridized carbons (Fsp3) is 0.714. The number of carboxylic acid groups (broad SMARTS) is 1. The SMILES string of the molecule is CNC(=O)CCC(CN)C(=O)O. The molecule has 0 spiro atoms. The largest absolute Gasteiger partial charge is 0.481 e. The van der Waals surface area contributed by atoms with E-state index in [2.05, 4.69) is 5.32 Å². The number of carboxylic acids is 1. The summed E-state index contributed by atoms with van der Waals surface area (Å²) in [5.74, 6) is -1.71. The van der Waals surface area contributed by atoms with Crippen molar-refractivity contribution in [2.45, 2.75) is 12.8 Å². The lowest BCUT2D eigenvalue weighted by Gasteiger charge is -2.07. The molecule has 1 unspecified atom stereocenters. The highest BCUT2D eigenvalue weighted by molar-refractivity contribution is 5.77. The van der Waals surface area contributed by atoms with Crippen LogP contribution in [0.1, 0.15) is 12.8 Å². The lowest BCUT2D eigenvalue weighted by atomic mass is 10.0. The lowest BCUT2D eigenvalue weighted by Crippen LogP contribution is -2.26. The van der Waals surface area contributed by atoms with Crippen LogP contribution in [0.15, 0.2) is 0 Å². The summed E-state index contributed by atoms with van der Waals surface area (Å²) in [5.41, 5.74) is 5.19. The Bertz CT molecular complexity index is 170. The lowest BCUT2D eigenvalue weighted by molar-refractivity contribution is -0.141. The number of aliphatic carboxylic acids is 1. The molecular weight excluding hydrogens is 160 g/mol. The van der Waals surface area contributed by atoms with E-state index in [0.717, 1.165) is 0 Å². The second kappa shape index (κ2) is 5.54. The van der Waals surface area contributed by atoms with Gasteiger partial charge in [0, 0.05) is 20.0 Å². The van der Waals surface area contributed by atoms with Crippen molar-refractivity contribution in [3.8, 4) is 0 Å². The quantitative estimate of drug-likeness (QED) is 0.507. The molecule has 0 aromatic carbocycles. The molecular formula is C7H14N2O3. The molecule has 0 aliphatic rings. The van der Waals surface area contributed by atoms with E-state index < -0.39 is 11.9 Å². The van der Waals surface area contributed by atoms with Crippen molar-refractivity contribution >= 4 is 11.9 Å². The highest BCUT2D eigenvalue weighted by Gasteiger charge is 2.15. The summed E-state index contributed by atoms with van der Waals surface area (Å²) in [6.45, 7) is 0.0757. The van der Waals surface area contributed by atoms with Crippen molar-refractivity contribution < 1.29 is 14.7 Å². The molecule has 5 heteroatoms. The van der Waals surface area contributed by atoms with Crippen LogP contribution in [0.5, 0.6) is 0 Å². The number of carbonyl (C=O) groups excluding carboxylic acids is 1. The van der Waals surface area contributed by atoms with Crippen LogP contribution in [-0.2, 0) is 9.59 Å². The molecule has 12 heavy (non-hydrogen) atoms. The normalized spacial score (nSPS) is 12.2. The van der Waals surface area contributed by atoms with Crippen molar-refractivity contribution in [2.75, 3.05) is 13.6 Å². The number of nitrogens with one attached hydrogen (secondary N) is 1. The zero-order valence-electron chi connectivity index (χ0n) is 7.04. The van der Waals surface area contributed by atoms with Gasteiger partial charge in [-0.25, -0.2) is 0 Å². The van der Waals surface area contributed by atoms with Crippen LogP contribution in [0.25, 0.3) is 0 Å². The van der Waals surface area contributed by atoms with Gasteiger partial charge in [0.2, 0.25) is 5.91 Å². The van der Waals surface area contributed by atoms with Crippen molar-refractivity contribution in [2.24, 2.45) is 11.7 Å². The molecule has 1 atom stereocenters. The minimum Gasteiger partial charge on any atom is -0.481 e. The first-order valence-corrected chi connectivity index (χ1v) is 3.75. The molecule has 0 aromatic heterocycles. The first kappa shape index (κ1) is 10.9. The van der Waals surface area contributed by atoms with Gasteiger partial charge in [-0.3, -0.25) is 9.59 Å². The van der Waals surface area contributed by atoms with E-state index in [-0.39, 0.29) is 18.9 Å². The molecule has 0 saturated heterocycles. The van der Waals surface area contributed by atoms with Gasteiger partial charge in [-0.05, 0) is 6.42 Å². The minimum absolute atomic E-state index is 0.0757. The van der Waals surface area contributed by atoms with E-state index in [9.17, 15) is 9.59 Å². The van der Waals surface area contributed by atoms with Gasteiger partial charge < -0.3 is 16.2 Å². The standard InChI is InChI=1S/C7H14N2O3/c1-9-6(10)3-2-5(4-8)7(11)12/h5H,2-4,8H2,1H3,(H,9,10)(H,11,12). The van der Waals surface area contributed by atoms with E-state index >= 15 is 0 Å². The first-order chi connectivity index (χ1) is 5.61. The number of carbonyl (C=O) groups is 2. The van der Waals surface area contributed by atoms with Crippen molar-refractivity contribution in [3.05, 3.63) is 0 Å². The Labute approximate surface area is 70.9 Å². The van der Waals surface area contributed by atoms with Gasteiger partial charge in [0.25, 0.3) is 0 Å². The van der Waals surface area contributed by atoms with Crippen LogP contribution >= 0.6 is 0 Å². The molecule has 0 aliphatic carbocycles. The number of rotatable bonds is 5. The van der Waals surface area contributed by atoms with Gasteiger partial charge >= 0.3 is 5.97 Å². The molecule has 70 valence electrons. The van der Waals surface area contributed by atoms with E-state index in [1.807, 2.05) is 0 Å². The van der Waals surface area contributed by atoms with Gasteiger partial charge in [0.1, 0.15) is 0 Å². The Morgan fingerprint density at radius 1 is 1.58 bits per heavy atom. The van der Waals surface area contributed by atoms with Crippen LogP contribution < -0.4 is 11.1 Å². The van der Waals surface area contributed by atoms with E-state index in [0.29, 0.717) is 6.42 Å². The minimum atomic E-state index is -0.943. The number of hydrogen-bond acceptors (Lipinski definition) is 3. The summed E-state index contributed by atoms with van der Waals surface area (Å²) in [4.78, 5) is 21.1. The van der Waals surface area contributed by atoms with Crippen LogP contribution in [0.4, 0.5) is 0 Å². The summed E-state index contributed by atoms with van der Waals surface area (Å²) in [5, 5.41) is 11.0. The summed E-state index contributed by atoms with van der Waals surface area (Å²) < 4.78 is 0. The highest BCUT2D eigenvalue weighted by Crippen LogP contribution is 2.04.